The Balaban J connectivity index is 1.32. The molecule has 4 rings (SSSR count). The number of nitrogens with zero attached hydrogens (tertiary/aromatic N) is 6. The summed E-state index contributed by atoms with van der Waals surface area (Å²) in [7, 11) is 3.35. The number of aryl methyl sites for hydroxylation is 2. The summed E-state index contributed by atoms with van der Waals surface area (Å²) in [6.07, 6.45) is 2.14. The van der Waals surface area contributed by atoms with E-state index in [1.807, 2.05) is 0 Å². The topological polar surface area (TPSA) is 113 Å². The van der Waals surface area contributed by atoms with Gasteiger partial charge in [0.05, 0.1) is 6.33 Å². The summed E-state index contributed by atoms with van der Waals surface area (Å²) in [5, 5.41) is 8.23. The molecule has 0 aliphatic carbocycles. The normalized spacial score (nSPS) is 11.3. The van der Waals surface area contributed by atoms with E-state index >= 15 is 0 Å². The standard InChI is InChI=1S/C19H20ClN7O3S/c1-25-11-21-16-15(25)17(28)27(19(29)26(16)2)8-3-9-31-18-22-14(23-24-18)10-30-13-6-4-12(20)5-7-13/h4-7,11H,3,8-10H2,1-2H3,(H,22,23,24). The van der Waals surface area contributed by atoms with Gasteiger partial charge in [0.25, 0.3) is 5.56 Å². The third kappa shape index (κ3) is 4.52. The number of H-pyrrole nitrogens is 1. The fourth-order valence-electron chi connectivity index (χ4n) is 3.07. The highest BCUT2D eigenvalue weighted by Gasteiger charge is 2.14. The molecule has 0 bridgehead atoms. The van der Waals surface area contributed by atoms with Crippen molar-refractivity contribution in [3.63, 3.8) is 0 Å². The Hall–Kier alpha value is -3.05. The van der Waals surface area contributed by atoms with E-state index in [1.165, 1.54) is 27.2 Å². The lowest BCUT2D eigenvalue weighted by molar-refractivity contribution is 0.296. The predicted molar refractivity (Wildman–Crippen MR) is 118 cm³/mol. The Morgan fingerprint density at radius 2 is 1.97 bits per heavy atom. The number of imidazole rings is 1. The zero-order chi connectivity index (χ0) is 22.0. The van der Waals surface area contributed by atoms with Crippen molar-refractivity contribution in [1.82, 2.24) is 33.9 Å². The van der Waals surface area contributed by atoms with Crippen LogP contribution in [0.15, 0.2) is 45.3 Å². The summed E-state index contributed by atoms with van der Waals surface area (Å²) >= 11 is 7.30. The van der Waals surface area contributed by atoms with E-state index in [2.05, 4.69) is 20.2 Å². The lowest BCUT2D eigenvalue weighted by atomic mass is 10.3. The van der Waals surface area contributed by atoms with Gasteiger partial charge in [0.1, 0.15) is 12.4 Å². The first-order valence-corrected chi connectivity index (χ1v) is 10.8. The molecule has 0 saturated carbocycles. The molecule has 3 aromatic heterocycles. The summed E-state index contributed by atoms with van der Waals surface area (Å²) in [4.78, 5) is 33.7. The molecule has 0 fully saturated rings. The summed E-state index contributed by atoms with van der Waals surface area (Å²) < 4.78 is 9.90. The van der Waals surface area contributed by atoms with Gasteiger partial charge in [0.15, 0.2) is 17.0 Å². The molecule has 0 atom stereocenters. The molecule has 31 heavy (non-hydrogen) atoms. The maximum Gasteiger partial charge on any atom is 0.332 e. The summed E-state index contributed by atoms with van der Waals surface area (Å²) in [5.74, 6) is 1.94. The molecule has 0 aliphatic rings. The van der Waals surface area contributed by atoms with Crippen molar-refractivity contribution in [1.29, 1.82) is 0 Å². The quantitative estimate of drug-likeness (QED) is 0.315. The van der Waals surface area contributed by atoms with Gasteiger partial charge in [0, 0.05) is 31.4 Å². The minimum atomic E-state index is -0.374. The van der Waals surface area contributed by atoms with Crippen LogP contribution >= 0.6 is 23.4 Å². The van der Waals surface area contributed by atoms with E-state index < -0.39 is 0 Å². The molecule has 0 aliphatic heterocycles. The van der Waals surface area contributed by atoms with Crippen LogP contribution in [-0.2, 0) is 27.2 Å². The molecular formula is C19H20ClN7O3S. The van der Waals surface area contributed by atoms with Crippen LogP contribution in [0.1, 0.15) is 12.2 Å². The van der Waals surface area contributed by atoms with Crippen LogP contribution in [0.2, 0.25) is 5.02 Å². The number of fused-ring (bicyclic) bond motifs is 1. The first-order valence-electron chi connectivity index (χ1n) is 9.47. The monoisotopic (exact) mass is 461 g/mol. The Morgan fingerprint density at radius 1 is 1.19 bits per heavy atom. The first-order chi connectivity index (χ1) is 14.9. The van der Waals surface area contributed by atoms with E-state index in [9.17, 15) is 9.59 Å². The third-order valence-corrected chi connectivity index (χ3v) is 5.84. The van der Waals surface area contributed by atoms with Crippen molar-refractivity contribution in [2.75, 3.05) is 5.75 Å². The van der Waals surface area contributed by atoms with Gasteiger partial charge in [-0.15, -0.1) is 5.10 Å². The number of aromatic amines is 1. The van der Waals surface area contributed by atoms with Gasteiger partial charge < -0.3 is 9.30 Å². The van der Waals surface area contributed by atoms with Crippen LogP contribution in [0.5, 0.6) is 5.75 Å². The second kappa shape index (κ2) is 8.98. The second-order valence-electron chi connectivity index (χ2n) is 6.84. The molecule has 12 heteroatoms. The SMILES string of the molecule is Cn1cnc2c1c(=O)n(CCCSc1n[nH]c(COc3ccc(Cl)cc3)n1)c(=O)n2C. The molecule has 0 amide bonds. The molecule has 1 aromatic carbocycles. The van der Waals surface area contributed by atoms with Crippen LogP contribution in [-0.4, -0.2) is 39.6 Å². The van der Waals surface area contributed by atoms with E-state index in [-0.39, 0.29) is 17.9 Å². The van der Waals surface area contributed by atoms with E-state index in [0.29, 0.717) is 51.6 Å². The summed E-state index contributed by atoms with van der Waals surface area (Å²) in [5.41, 5.74) is 0.0922. The molecule has 162 valence electrons. The molecule has 1 N–H and O–H groups in total. The molecule has 0 radical (unpaired) electrons. The maximum absolute atomic E-state index is 12.7. The molecule has 0 saturated heterocycles. The van der Waals surface area contributed by atoms with Crippen molar-refractivity contribution < 1.29 is 4.74 Å². The number of hydrogen-bond donors (Lipinski definition) is 1. The second-order valence-corrected chi connectivity index (χ2v) is 8.33. The van der Waals surface area contributed by atoms with Crippen LogP contribution in [0.4, 0.5) is 0 Å². The van der Waals surface area contributed by atoms with Crippen LogP contribution in [0, 0.1) is 0 Å². The minimum Gasteiger partial charge on any atom is -0.486 e. The lowest BCUT2D eigenvalue weighted by Gasteiger charge is -2.08. The van der Waals surface area contributed by atoms with Crippen molar-refractivity contribution in [2.45, 2.75) is 24.7 Å². The molecular weight excluding hydrogens is 442 g/mol. The lowest BCUT2D eigenvalue weighted by Crippen LogP contribution is -2.39. The van der Waals surface area contributed by atoms with Crippen molar-refractivity contribution in [3.05, 3.63) is 62.3 Å². The molecule has 10 nitrogen and oxygen atoms in total. The van der Waals surface area contributed by atoms with E-state index in [0.717, 1.165) is 0 Å². The summed E-state index contributed by atoms with van der Waals surface area (Å²) in [6, 6.07) is 7.07. The average Bonchev–Trinajstić information content (AvgIpc) is 3.38. The fraction of sp³-hybridized carbons (Fsp3) is 0.316. The smallest absolute Gasteiger partial charge is 0.332 e. The largest absolute Gasteiger partial charge is 0.486 e. The zero-order valence-electron chi connectivity index (χ0n) is 16.9. The van der Waals surface area contributed by atoms with Gasteiger partial charge in [-0.2, -0.15) is 0 Å². The van der Waals surface area contributed by atoms with Gasteiger partial charge in [-0.3, -0.25) is 19.0 Å². The van der Waals surface area contributed by atoms with Gasteiger partial charge in [0.2, 0.25) is 5.16 Å². The Bertz CT molecular complexity index is 1320. The fourth-order valence-corrected chi connectivity index (χ4v) is 3.94. The number of benzene rings is 1. The predicted octanol–water partition coefficient (Wildman–Crippen LogP) is 1.97. The number of halogens is 1. The first kappa shape index (κ1) is 21.2. The maximum atomic E-state index is 12.7. The van der Waals surface area contributed by atoms with Crippen molar-refractivity contribution >= 4 is 34.5 Å². The zero-order valence-corrected chi connectivity index (χ0v) is 18.5. The van der Waals surface area contributed by atoms with Gasteiger partial charge in [-0.05, 0) is 30.7 Å². The average molecular weight is 462 g/mol. The highest BCUT2D eigenvalue weighted by Crippen LogP contribution is 2.17. The van der Waals surface area contributed by atoms with E-state index in [1.54, 1.807) is 42.9 Å². The Morgan fingerprint density at radius 3 is 2.74 bits per heavy atom. The summed E-state index contributed by atoms with van der Waals surface area (Å²) in [6.45, 7) is 0.557. The van der Waals surface area contributed by atoms with Gasteiger partial charge in [-0.1, -0.05) is 23.4 Å². The minimum absolute atomic E-state index is 0.255. The van der Waals surface area contributed by atoms with Crippen LogP contribution in [0.25, 0.3) is 11.2 Å². The number of hydrogen-bond acceptors (Lipinski definition) is 7. The molecule has 0 spiro atoms. The number of nitrogens with one attached hydrogen (secondary N) is 1. The van der Waals surface area contributed by atoms with Crippen molar-refractivity contribution in [3.8, 4) is 5.75 Å². The van der Waals surface area contributed by atoms with Gasteiger partial charge >= 0.3 is 5.69 Å². The molecule has 3 heterocycles. The third-order valence-electron chi connectivity index (χ3n) is 4.66. The molecule has 4 aromatic rings. The Labute approximate surface area is 185 Å². The number of thioether (sulfide) groups is 1. The van der Waals surface area contributed by atoms with Gasteiger partial charge in [-0.25, -0.2) is 14.8 Å². The Kier molecular flexibility index (Phi) is 6.14. The van der Waals surface area contributed by atoms with Crippen LogP contribution in [0.3, 0.4) is 0 Å². The highest BCUT2D eigenvalue weighted by atomic mass is 35.5. The highest BCUT2D eigenvalue weighted by molar-refractivity contribution is 7.99. The number of aromatic nitrogens is 7. The molecule has 0 unspecified atom stereocenters. The van der Waals surface area contributed by atoms with Crippen molar-refractivity contribution in [2.24, 2.45) is 14.1 Å². The van der Waals surface area contributed by atoms with E-state index in [4.69, 9.17) is 16.3 Å². The number of rotatable bonds is 8. The number of ether oxygens (including phenoxy) is 1. The van der Waals surface area contributed by atoms with Crippen LogP contribution < -0.4 is 16.0 Å².